The number of anilines is 1. The molecule has 0 aliphatic heterocycles. The van der Waals surface area contributed by atoms with Crippen LogP contribution in [0.25, 0.3) is 0 Å². The predicted octanol–water partition coefficient (Wildman–Crippen LogP) is 5.65. The number of nitrogens with zero attached hydrogens (tertiary/aromatic N) is 1. The number of benzene rings is 3. The number of hydrogen-bond acceptors (Lipinski definition) is 4. The van der Waals surface area contributed by atoms with Gasteiger partial charge < -0.3 is 10.1 Å². The van der Waals surface area contributed by atoms with Crippen molar-refractivity contribution in [3.8, 4) is 5.75 Å². The van der Waals surface area contributed by atoms with Crippen LogP contribution in [0.4, 0.5) is 5.69 Å². The summed E-state index contributed by atoms with van der Waals surface area (Å²) < 4.78 is 36.3. The van der Waals surface area contributed by atoms with E-state index in [1.165, 1.54) is 24.4 Å². The maximum atomic E-state index is 13.8. The van der Waals surface area contributed by atoms with Crippen LogP contribution in [0.1, 0.15) is 18.1 Å². The highest BCUT2D eigenvalue weighted by Gasteiger charge is 2.31. The molecule has 0 heterocycles. The van der Waals surface area contributed by atoms with Gasteiger partial charge in [0.25, 0.3) is 0 Å². The Balaban J connectivity index is 2.01. The van der Waals surface area contributed by atoms with Gasteiger partial charge in [0.2, 0.25) is 15.9 Å². The van der Waals surface area contributed by atoms with Crippen molar-refractivity contribution in [1.29, 1.82) is 0 Å². The SMILES string of the molecule is COc1ccc(NC(C)=O)cc1S(=O)(=O)N(C)C(Cc1ccc(Br)cc1)Cc1ccc(Br)cc1. The summed E-state index contributed by atoms with van der Waals surface area (Å²) in [4.78, 5) is 11.5. The number of rotatable bonds is 9. The van der Waals surface area contributed by atoms with Crippen molar-refractivity contribution in [2.45, 2.75) is 30.7 Å². The monoisotopic (exact) mass is 608 g/mol. The molecule has 0 radical (unpaired) electrons. The molecular weight excluding hydrogens is 584 g/mol. The molecule has 0 atom stereocenters. The van der Waals surface area contributed by atoms with Crippen LogP contribution in [0.3, 0.4) is 0 Å². The molecule has 9 heteroatoms. The van der Waals surface area contributed by atoms with Gasteiger partial charge in [-0.1, -0.05) is 56.1 Å². The third-order valence-corrected chi connectivity index (χ3v) is 8.41. The predicted molar refractivity (Wildman–Crippen MR) is 142 cm³/mol. The maximum Gasteiger partial charge on any atom is 0.246 e. The summed E-state index contributed by atoms with van der Waals surface area (Å²) in [5.74, 6) is -0.0720. The summed E-state index contributed by atoms with van der Waals surface area (Å²) in [7, 11) is -0.948. The second-order valence-electron chi connectivity index (χ2n) is 7.88. The van der Waals surface area contributed by atoms with Gasteiger partial charge in [0.15, 0.2) is 0 Å². The molecule has 0 fully saturated rings. The first-order valence-electron chi connectivity index (χ1n) is 10.5. The van der Waals surface area contributed by atoms with Gasteiger partial charge in [-0.2, -0.15) is 4.31 Å². The minimum Gasteiger partial charge on any atom is -0.495 e. The molecule has 3 aromatic carbocycles. The Kier molecular flexibility index (Phi) is 8.92. The summed E-state index contributed by atoms with van der Waals surface area (Å²) in [5, 5.41) is 2.64. The molecule has 6 nitrogen and oxygen atoms in total. The number of hydrogen-bond donors (Lipinski definition) is 1. The lowest BCUT2D eigenvalue weighted by molar-refractivity contribution is -0.114. The van der Waals surface area contributed by atoms with Crippen LogP contribution in [0.15, 0.2) is 80.6 Å². The number of nitrogens with one attached hydrogen (secondary N) is 1. The average molecular weight is 610 g/mol. The highest BCUT2D eigenvalue weighted by Crippen LogP contribution is 2.31. The van der Waals surface area contributed by atoms with Crippen LogP contribution in [0, 0.1) is 0 Å². The summed E-state index contributed by atoms with van der Waals surface area (Å²) in [5.41, 5.74) is 2.43. The zero-order valence-electron chi connectivity index (χ0n) is 19.1. The Bertz CT molecular complexity index is 1200. The summed E-state index contributed by atoms with van der Waals surface area (Å²) in [6.07, 6.45) is 1.04. The van der Waals surface area contributed by atoms with Crippen LogP contribution >= 0.6 is 31.9 Å². The van der Waals surface area contributed by atoms with Gasteiger partial charge in [0.1, 0.15) is 10.6 Å². The molecule has 180 valence electrons. The summed E-state index contributed by atoms with van der Waals surface area (Å²) in [6, 6.07) is 19.9. The number of amides is 1. The minimum absolute atomic E-state index is 0.000335. The topological polar surface area (TPSA) is 75.7 Å². The Morgan fingerprint density at radius 1 is 0.941 bits per heavy atom. The molecule has 34 heavy (non-hydrogen) atoms. The van der Waals surface area contributed by atoms with Gasteiger partial charge in [-0.05, 0) is 66.4 Å². The van der Waals surface area contributed by atoms with Crippen molar-refractivity contribution in [3.05, 3.63) is 86.8 Å². The number of carbonyl (C=O) groups excluding carboxylic acids is 1. The first-order chi connectivity index (χ1) is 16.1. The third-order valence-electron chi connectivity index (χ3n) is 5.42. The highest BCUT2D eigenvalue weighted by atomic mass is 79.9. The number of halogens is 2. The van der Waals surface area contributed by atoms with Crippen molar-refractivity contribution < 1.29 is 17.9 Å². The lowest BCUT2D eigenvalue weighted by atomic mass is 9.99. The molecule has 0 unspecified atom stereocenters. The molecule has 0 saturated heterocycles. The maximum absolute atomic E-state index is 13.8. The first-order valence-corrected chi connectivity index (χ1v) is 13.6. The summed E-state index contributed by atoms with van der Waals surface area (Å²) in [6.45, 7) is 1.37. The zero-order valence-corrected chi connectivity index (χ0v) is 23.1. The van der Waals surface area contributed by atoms with Crippen LogP contribution in [-0.2, 0) is 27.7 Å². The van der Waals surface area contributed by atoms with E-state index in [2.05, 4.69) is 37.2 Å². The molecule has 0 spiro atoms. The van der Waals surface area contributed by atoms with Crippen molar-refractivity contribution in [1.82, 2.24) is 4.31 Å². The fourth-order valence-electron chi connectivity index (χ4n) is 3.63. The molecule has 3 rings (SSSR count). The van der Waals surface area contributed by atoms with Crippen molar-refractivity contribution >= 4 is 53.5 Å². The van der Waals surface area contributed by atoms with Crippen molar-refractivity contribution in [2.24, 2.45) is 0 Å². The van der Waals surface area contributed by atoms with Gasteiger partial charge in [-0.15, -0.1) is 0 Å². The van der Waals surface area contributed by atoms with E-state index in [1.807, 2.05) is 48.5 Å². The number of sulfonamides is 1. The Morgan fingerprint density at radius 3 is 1.88 bits per heavy atom. The lowest BCUT2D eigenvalue weighted by Crippen LogP contribution is -2.40. The molecule has 1 N–H and O–H groups in total. The second kappa shape index (κ2) is 11.5. The normalized spacial score (nSPS) is 11.6. The van der Waals surface area contributed by atoms with Crippen LogP contribution < -0.4 is 10.1 Å². The van der Waals surface area contributed by atoms with Gasteiger partial charge in [-0.25, -0.2) is 8.42 Å². The molecule has 0 aromatic heterocycles. The molecular formula is C25H26Br2N2O4S. The Morgan fingerprint density at radius 2 is 1.44 bits per heavy atom. The number of carbonyl (C=O) groups is 1. The number of likely N-dealkylation sites (N-methyl/N-ethyl adjacent to an activating group) is 1. The molecule has 0 aliphatic carbocycles. The molecule has 1 amide bonds. The fourth-order valence-corrected chi connectivity index (χ4v) is 5.69. The second-order valence-corrected chi connectivity index (χ2v) is 11.7. The highest BCUT2D eigenvalue weighted by molar-refractivity contribution is 9.10. The lowest BCUT2D eigenvalue weighted by Gasteiger charge is -2.29. The van der Waals surface area contributed by atoms with Crippen LogP contribution in [-0.4, -0.2) is 38.8 Å². The van der Waals surface area contributed by atoms with Gasteiger partial charge in [-0.3, -0.25) is 4.79 Å². The van der Waals surface area contributed by atoms with Crippen molar-refractivity contribution in [3.63, 3.8) is 0 Å². The Labute approximate surface area is 217 Å². The van der Waals surface area contributed by atoms with Gasteiger partial charge in [0, 0.05) is 34.6 Å². The van der Waals surface area contributed by atoms with Crippen molar-refractivity contribution in [2.75, 3.05) is 19.5 Å². The van der Waals surface area contributed by atoms with E-state index in [4.69, 9.17) is 4.74 Å². The Hall–Kier alpha value is -2.20. The van der Waals surface area contributed by atoms with E-state index in [0.29, 0.717) is 18.5 Å². The van der Waals surface area contributed by atoms with Crippen LogP contribution in [0.5, 0.6) is 5.75 Å². The molecule has 0 saturated carbocycles. The average Bonchev–Trinajstić information content (AvgIpc) is 2.80. The fraction of sp³-hybridized carbons (Fsp3) is 0.240. The minimum atomic E-state index is -3.96. The van der Waals surface area contributed by atoms with E-state index in [1.54, 1.807) is 19.2 Å². The largest absolute Gasteiger partial charge is 0.495 e. The third kappa shape index (κ3) is 6.69. The van der Waals surface area contributed by atoms with E-state index in [9.17, 15) is 13.2 Å². The van der Waals surface area contributed by atoms with Crippen LogP contribution in [0.2, 0.25) is 0 Å². The van der Waals surface area contributed by atoms with Gasteiger partial charge in [0.05, 0.1) is 7.11 Å². The van der Waals surface area contributed by atoms with Gasteiger partial charge >= 0.3 is 0 Å². The number of methoxy groups -OCH3 is 1. The molecule has 3 aromatic rings. The first kappa shape index (κ1) is 26.4. The summed E-state index contributed by atoms with van der Waals surface area (Å²) >= 11 is 6.90. The van der Waals surface area contributed by atoms with E-state index in [0.717, 1.165) is 20.1 Å². The van der Waals surface area contributed by atoms with E-state index >= 15 is 0 Å². The molecule has 0 aliphatic rings. The quantitative estimate of drug-likeness (QED) is 0.340. The van der Waals surface area contributed by atoms with E-state index < -0.39 is 10.0 Å². The molecule has 0 bridgehead atoms. The zero-order chi connectivity index (χ0) is 24.9. The standard InChI is InChI=1S/C25H26Br2N2O4S/c1-17(30)28-22-12-13-24(33-3)25(16-22)34(31,32)29(2)23(14-18-4-8-20(26)9-5-18)15-19-6-10-21(27)11-7-19/h4-13,16,23H,14-15H2,1-3H3,(H,28,30). The van der Waals surface area contributed by atoms with E-state index in [-0.39, 0.29) is 22.6 Å². The smallest absolute Gasteiger partial charge is 0.246 e. The number of ether oxygens (including phenoxy) is 1.